The minimum Gasteiger partial charge on any atom is -0.378 e. The fourth-order valence-corrected chi connectivity index (χ4v) is 1.20. The maximum atomic E-state index is 9.81. The van der Waals surface area contributed by atoms with Crippen molar-refractivity contribution in [1.82, 2.24) is 0 Å². The summed E-state index contributed by atoms with van der Waals surface area (Å²) in [5.41, 5.74) is -2.03. The summed E-state index contributed by atoms with van der Waals surface area (Å²) >= 11 is 0. The van der Waals surface area contributed by atoms with Crippen LogP contribution in [0.25, 0.3) is 0 Å². The third-order valence-electron chi connectivity index (χ3n) is 1.57. The summed E-state index contributed by atoms with van der Waals surface area (Å²) in [7, 11) is 0. The molecule has 84 valence electrons. The van der Waals surface area contributed by atoms with Gasteiger partial charge in [-0.25, -0.2) is 0 Å². The minimum absolute atomic E-state index is 0.386. The Balaban J connectivity index is 4.44. The van der Waals surface area contributed by atoms with Crippen LogP contribution in [0.2, 0.25) is 0 Å². The van der Waals surface area contributed by atoms with E-state index in [4.69, 9.17) is 0 Å². The van der Waals surface area contributed by atoms with Crippen LogP contribution < -0.4 is 0 Å². The first-order valence-corrected chi connectivity index (χ1v) is 5.11. The number of rotatable bonds is 2. The molecule has 2 nitrogen and oxygen atoms in total. The summed E-state index contributed by atoms with van der Waals surface area (Å²) in [6.45, 7) is 8.91. The van der Waals surface area contributed by atoms with Crippen LogP contribution in [-0.4, -0.2) is 21.4 Å². The second kappa shape index (κ2) is 5.21. The maximum absolute atomic E-state index is 9.81. The first-order valence-electron chi connectivity index (χ1n) is 5.11. The second-order valence-electron chi connectivity index (χ2n) is 4.93. The molecule has 0 rings (SSSR count). The van der Waals surface area contributed by atoms with Crippen LogP contribution in [0.3, 0.4) is 0 Å². The zero-order valence-corrected chi connectivity index (χ0v) is 10.2. The van der Waals surface area contributed by atoms with Crippen LogP contribution in [0.4, 0.5) is 0 Å². The molecular weight excluding hydrogens is 188 g/mol. The first kappa shape index (κ1) is 14.0. The fourth-order valence-electron chi connectivity index (χ4n) is 1.20. The summed E-state index contributed by atoms with van der Waals surface area (Å²) in [6, 6.07) is 0. The van der Waals surface area contributed by atoms with E-state index in [9.17, 15) is 10.2 Å². The predicted molar refractivity (Wildman–Crippen MR) is 61.9 cm³/mol. The molecule has 0 aliphatic rings. The predicted octanol–water partition coefficient (Wildman–Crippen LogP) is 1.56. The minimum atomic E-state index is -1.03. The van der Waals surface area contributed by atoms with E-state index in [0.717, 1.165) is 0 Å². The molecule has 0 aromatic rings. The number of hydrogen-bond acceptors (Lipinski definition) is 2. The highest BCUT2D eigenvalue weighted by Gasteiger charge is 2.18. The molecule has 0 radical (unpaired) electrons. The zero-order chi connectivity index (χ0) is 12.1. The van der Waals surface area contributed by atoms with Gasteiger partial charge >= 0.3 is 0 Å². The molecule has 2 N–H and O–H groups in total. The van der Waals surface area contributed by atoms with Gasteiger partial charge in [-0.1, -0.05) is 25.7 Å². The van der Waals surface area contributed by atoms with Crippen molar-refractivity contribution in [2.45, 2.75) is 52.2 Å². The van der Waals surface area contributed by atoms with Crippen molar-refractivity contribution in [3.63, 3.8) is 0 Å². The second-order valence-corrected chi connectivity index (χ2v) is 4.93. The van der Waals surface area contributed by atoms with E-state index in [1.165, 1.54) is 0 Å². The Morgan fingerprint density at radius 2 is 1.47 bits per heavy atom. The number of aliphatic hydroxyl groups is 2. The largest absolute Gasteiger partial charge is 0.378 e. The molecule has 0 bridgehead atoms. The Kier molecular flexibility index (Phi) is 4.88. The monoisotopic (exact) mass is 208 g/mol. The highest BCUT2D eigenvalue weighted by Crippen LogP contribution is 2.14. The van der Waals surface area contributed by atoms with Gasteiger partial charge in [0.15, 0.2) is 0 Å². The van der Waals surface area contributed by atoms with E-state index in [1.54, 1.807) is 20.8 Å². The molecule has 0 aliphatic heterocycles. The van der Waals surface area contributed by atoms with E-state index < -0.39 is 11.2 Å². The van der Waals surface area contributed by atoms with E-state index >= 15 is 0 Å². The summed E-state index contributed by atoms with van der Waals surface area (Å²) in [5.74, 6) is 10.7. The van der Waals surface area contributed by atoms with E-state index in [0.29, 0.717) is 12.3 Å². The normalized spacial score (nSPS) is 14.7. The van der Waals surface area contributed by atoms with Crippen LogP contribution in [0.1, 0.15) is 41.0 Å². The Bertz CT molecular complexity index is 310. The standard InChI is InChI=1S/C13H20O2/c1-11(2)10-13(5,15)9-7-6-8-12(3,4)14/h11,14-15H,10H2,1-5H3. The SMILES string of the molecule is CC(C)CC(C)(O)C#CC#CC(C)(C)O. The lowest BCUT2D eigenvalue weighted by Gasteiger charge is -2.17. The maximum Gasteiger partial charge on any atom is 0.124 e. The summed E-state index contributed by atoms with van der Waals surface area (Å²) < 4.78 is 0. The van der Waals surface area contributed by atoms with Crippen molar-refractivity contribution >= 4 is 0 Å². The Morgan fingerprint density at radius 3 is 1.87 bits per heavy atom. The van der Waals surface area contributed by atoms with Gasteiger partial charge in [0.05, 0.1) is 0 Å². The van der Waals surface area contributed by atoms with Crippen molar-refractivity contribution in [3.8, 4) is 23.7 Å². The molecule has 0 heterocycles. The molecule has 15 heavy (non-hydrogen) atoms. The first-order chi connectivity index (χ1) is 6.62. The van der Waals surface area contributed by atoms with Gasteiger partial charge in [-0.05, 0) is 45.0 Å². The van der Waals surface area contributed by atoms with Gasteiger partial charge in [0, 0.05) is 0 Å². The lowest BCUT2D eigenvalue weighted by molar-refractivity contribution is 0.0976. The highest BCUT2D eigenvalue weighted by molar-refractivity contribution is 5.31. The van der Waals surface area contributed by atoms with E-state index in [2.05, 4.69) is 23.7 Å². The molecule has 0 saturated heterocycles. The molecule has 0 aromatic carbocycles. The van der Waals surface area contributed by atoms with Gasteiger partial charge in [0.25, 0.3) is 0 Å². The summed E-state index contributed by atoms with van der Waals surface area (Å²) in [4.78, 5) is 0. The van der Waals surface area contributed by atoms with Crippen molar-refractivity contribution in [1.29, 1.82) is 0 Å². The van der Waals surface area contributed by atoms with Crippen LogP contribution >= 0.6 is 0 Å². The topological polar surface area (TPSA) is 40.5 Å². The van der Waals surface area contributed by atoms with Crippen LogP contribution in [0.15, 0.2) is 0 Å². The lowest BCUT2D eigenvalue weighted by atomic mass is 9.95. The molecular formula is C13H20O2. The van der Waals surface area contributed by atoms with E-state index in [-0.39, 0.29) is 0 Å². The van der Waals surface area contributed by atoms with Gasteiger partial charge < -0.3 is 10.2 Å². The van der Waals surface area contributed by atoms with Gasteiger partial charge in [-0.15, -0.1) is 0 Å². The molecule has 0 saturated carbocycles. The van der Waals surface area contributed by atoms with Gasteiger partial charge in [-0.2, -0.15) is 0 Å². The van der Waals surface area contributed by atoms with Crippen LogP contribution in [0.5, 0.6) is 0 Å². The van der Waals surface area contributed by atoms with Gasteiger partial charge in [0.2, 0.25) is 0 Å². The van der Waals surface area contributed by atoms with E-state index in [1.807, 2.05) is 13.8 Å². The molecule has 2 heteroatoms. The van der Waals surface area contributed by atoms with Crippen molar-refractivity contribution in [3.05, 3.63) is 0 Å². The molecule has 0 fully saturated rings. The van der Waals surface area contributed by atoms with Crippen LogP contribution in [-0.2, 0) is 0 Å². The summed E-state index contributed by atoms with van der Waals surface area (Å²) in [6.07, 6.45) is 0.615. The average Bonchev–Trinajstić information content (AvgIpc) is 1.93. The van der Waals surface area contributed by atoms with Gasteiger partial charge in [-0.3, -0.25) is 0 Å². The molecule has 0 amide bonds. The molecule has 1 atom stereocenters. The third kappa shape index (κ3) is 9.35. The van der Waals surface area contributed by atoms with Gasteiger partial charge in [0.1, 0.15) is 11.2 Å². The molecule has 1 unspecified atom stereocenters. The summed E-state index contributed by atoms with van der Waals surface area (Å²) in [5, 5.41) is 19.1. The Hall–Kier alpha value is -0.960. The molecule has 0 spiro atoms. The van der Waals surface area contributed by atoms with Crippen molar-refractivity contribution in [2.75, 3.05) is 0 Å². The number of hydrogen-bond donors (Lipinski definition) is 2. The Morgan fingerprint density at radius 1 is 1.00 bits per heavy atom. The average molecular weight is 208 g/mol. The smallest absolute Gasteiger partial charge is 0.124 e. The fraction of sp³-hybridized carbons (Fsp3) is 0.692. The molecule has 0 aliphatic carbocycles. The molecule has 0 aromatic heterocycles. The lowest BCUT2D eigenvalue weighted by Crippen LogP contribution is -2.23. The Labute approximate surface area is 92.7 Å². The van der Waals surface area contributed by atoms with Crippen LogP contribution in [0, 0.1) is 29.6 Å². The van der Waals surface area contributed by atoms with Crippen molar-refractivity contribution in [2.24, 2.45) is 5.92 Å². The quantitative estimate of drug-likeness (QED) is 0.676. The van der Waals surface area contributed by atoms with Crippen molar-refractivity contribution < 1.29 is 10.2 Å². The zero-order valence-electron chi connectivity index (χ0n) is 10.2. The third-order valence-corrected chi connectivity index (χ3v) is 1.57. The highest BCUT2D eigenvalue weighted by atomic mass is 16.3.